The fraction of sp³-hybridized carbons (Fsp3) is 0.842. The van der Waals surface area contributed by atoms with Gasteiger partial charge in [0, 0.05) is 38.3 Å². The van der Waals surface area contributed by atoms with E-state index in [9.17, 15) is 22.8 Å². The summed E-state index contributed by atoms with van der Waals surface area (Å²) in [5.41, 5.74) is 0. The number of amides is 4. The van der Waals surface area contributed by atoms with Gasteiger partial charge in [0.15, 0.2) is 9.84 Å². The van der Waals surface area contributed by atoms with E-state index in [2.05, 4.69) is 4.90 Å². The van der Waals surface area contributed by atoms with Crippen LogP contribution in [0.5, 0.6) is 0 Å². The van der Waals surface area contributed by atoms with Crippen molar-refractivity contribution in [2.24, 2.45) is 5.92 Å². The standard InChI is InChI=1S/C19H30N4O5S/c1-14-4-2-3-5-16(14)23-18(25)17(24)22(19(23)26)13-20-7-9-21(10-8-20)15-6-11-29(27,28)12-15/h14-16H,2-13H2,1H3/t14-,15+,16-/m1/s1. The highest BCUT2D eigenvalue weighted by molar-refractivity contribution is 7.91. The van der Waals surface area contributed by atoms with Crippen molar-refractivity contribution in [1.29, 1.82) is 0 Å². The van der Waals surface area contributed by atoms with Crippen LogP contribution in [0.4, 0.5) is 4.79 Å². The molecule has 10 heteroatoms. The highest BCUT2D eigenvalue weighted by atomic mass is 32.2. The molecule has 0 aromatic heterocycles. The summed E-state index contributed by atoms with van der Waals surface area (Å²) in [6, 6.07) is -0.594. The number of piperazine rings is 1. The van der Waals surface area contributed by atoms with Crippen LogP contribution in [0, 0.1) is 5.92 Å². The van der Waals surface area contributed by atoms with Crippen LogP contribution >= 0.6 is 0 Å². The quantitative estimate of drug-likeness (QED) is 0.465. The van der Waals surface area contributed by atoms with Gasteiger partial charge in [-0.1, -0.05) is 19.8 Å². The van der Waals surface area contributed by atoms with Crippen LogP contribution in [0.2, 0.25) is 0 Å². The summed E-state index contributed by atoms with van der Waals surface area (Å²) in [6.07, 6.45) is 4.48. The third-order valence-electron chi connectivity index (χ3n) is 6.95. The van der Waals surface area contributed by atoms with E-state index in [0.29, 0.717) is 32.6 Å². The molecule has 0 aromatic carbocycles. The first kappa shape index (κ1) is 20.7. The number of hydrogen-bond donors (Lipinski definition) is 0. The highest BCUT2D eigenvalue weighted by Gasteiger charge is 2.49. The van der Waals surface area contributed by atoms with E-state index in [0.717, 1.165) is 30.6 Å². The van der Waals surface area contributed by atoms with Gasteiger partial charge in [0.1, 0.15) is 0 Å². The molecular formula is C19H30N4O5S. The van der Waals surface area contributed by atoms with Gasteiger partial charge in [-0.3, -0.25) is 24.3 Å². The van der Waals surface area contributed by atoms with Crippen molar-refractivity contribution in [3.8, 4) is 0 Å². The number of nitrogens with zero attached hydrogens (tertiary/aromatic N) is 4. The van der Waals surface area contributed by atoms with E-state index in [1.807, 2.05) is 11.8 Å². The van der Waals surface area contributed by atoms with Gasteiger partial charge < -0.3 is 0 Å². The van der Waals surface area contributed by atoms with E-state index < -0.39 is 27.7 Å². The van der Waals surface area contributed by atoms with Gasteiger partial charge in [0.2, 0.25) is 0 Å². The van der Waals surface area contributed by atoms with Crippen LogP contribution in [0.25, 0.3) is 0 Å². The molecule has 0 unspecified atom stereocenters. The van der Waals surface area contributed by atoms with Crippen molar-refractivity contribution in [3.63, 3.8) is 0 Å². The Hall–Kier alpha value is -1.52. The van der Waals surface area contributed by atoms with E-state index in [1.54, 1.807) is 0 Å². The van der Waals surface area contributed by atoms with Gasteiger partial charge in [0.05, 0.1) is 18.2 Å². The number of urea groups is 1. The number of imide groups is 2. The Labute approximate surface area is 171 Å². The van der Waals surface area contributed by atoms with Crippen LogP contribution in [0.15, 0.2) is 0 Å². The topological polar surface area (TPSA) is 98.3 Å². The minimum atomic E-state index is -2.91. The fourth-order valence-corrected chi connectivity index (χ4v) is 6.91. The SMILES string of the molecule is C[C@@H]1CCCC[C@H]1N1C(=O)C(=O)N(CN2CCN([C@H]3CCS(=O)(=O)C3)CC2)C1=O. The lowest BCUT2D eigenvalue weighted by Gasteiger charge is -2.38. The van der Waals surface area contributed by atoms with E-state index in [1.165, 1.54) is 4.90 Å². The molecule has 3 heterocycles. The third kappa shape index (κ3) is 4.06. The molecule has 4 aliphatic rings. The molecule has 0 spiro atoms. The fourth-order valence-electron chi connectivity index (χ4n) is 5.15. The largest absolute Gasteiger partial charge is 0.335 e. The molecule has 162 valence electrons. The van der Waals surface area contributed by atoms with Crippen molar-refractivity contribution in [1.82, 2.24) is 19.6 Å². The lowest BCUT2D eigenvalue weighted by Crippen LogP contribution is -2.54. The zero-order valence-electron chi connectivity index (χ0n) is 17.0. The summed E-state index contributed by atoms with van der Waals surface area (Å²) in [5, 5.41) is 0. The van der Waals surface area contributed by atoms with Gasteiger partial charge in [-0.15, -0.1) is 0 Å². The van der Waals surface area contributed by atoms with Crippen molar-refractivity contribution in [2.75, 3.05) is 44.4 Å². The number of carbonyl (C=O) groups is 3. The summed E-state index contributed by atoms with van der Waals surface area (Å²) in [5.74, 6) is -0.720. The molecule has 4 amide bonds. The van der Waals surface area contributed by atoms with Crippen LogP contribution in [-0.4, -0.2) is 102 Å². The zero-order valence-corrected chi connectivity index (χ0v) is 17.8. The van der Waals surface area contributed by atoms with Gasteiger partial charge in [0.25, 0.3) is 0 Å². The van der Waals surface area contributed by atoms with Gasteiger partial charge in [-0.2, -0.15) is 0 Å². The predicted molar refractivity (Wildman–Crippen MR) is 106 cm³/mol. The maximum atomic E-state index is 12.9. The first-order valence-corrected chi connectivity index (χ1v) is 12.4. The average Bonchev–Trinajstić information content (AvgIpc) is 3.15. The van der Waals surface area contributed by atoms with Crippen LogP contribution in [0.1, 0.15) is 39.0 Å². The summed E-state index contributed by atoms with van der Waals surface area (Å²) in [7, 11) is -2.91. The maximum absolute atomic E-state index is 12.9. The molecule has 0 radical (unpaired) electrons. The molecule has 3 saturated heterocycles. The summed E-state index contributed by atoms with van der Waals surface area (Å²) in [6.45, 7) is 4.85. The second-order valence-corrected chi connectivity index (χ2v) is 11.1. The number of rotatable bonds is 4. The van der Waals surface area contributed by atoms with Gasteiger partial charge >= 0.3 is 17.8 Å². The van der Waals surface area contributed by atoms with E-state index >= 15 is 0 Å². The normalized spacial score (nSPS) is 34.4. The molecule has 0 bridgehead atoms. The Bertz CT molecular complexity index is 792. The van der Waals surface area contributed by atoms with Crippen molar-refractivity contribution in [2.45, 2.75) is 51.1 Å². The number of hydrogen-bond acceptors (Lipinski definition) is 7. The van der Waals surface area contributed by atoms with Gasteiger partial charge in [-0.25, -0.2) is 18.1 Å². The van der Waals surface area contributed by atoms with E-state index in [4.69, 9.17) is 0 Å². The number of sulfone groups is 1. The minimum Gasteiger partial charge on any atom is -0.297 e. The lowest BCUT2D eigenvalue weighted by molar-refractivity contribution is -0.145. The first-order valence-electron chi connectivity index (χ1n) is 10.6. The van der Waals surface area contributed by atoms with Crippen LogP contribution < -0.4 is 0 Å². The van der Waals surface area contributed by atoms with E-state index in [-0.39, 0.29) is 36.2 Å². The molecule has 3 aliphatic heterocycles. The molecule has 9 nitrogen and oxygen atoms in total. The van der Waals surface area contributed by atoms with Crippen LogP contribution in [-0.2, 0) is 19.4 Å². The van der Waals surface area contributed by atoms with Gasteiger partial charge in [-0.05, 0) is 25.2 Å². The molecule has 4 rings (SSSR count). The molecule has 4 fully saturated rings. The number of carbonyl (C=O) groups excluding carboxylic acids is 3. The Morgan fingerprint density at radius 1 is 0.931 bits per heavy atom. The molecule has 0 N–H and O–H groups in total. The lowest BCUT2D eigenvalue weighted by atomic mass is 9.85. The second-order valence-electron chi connectivity index (χ2n) is 8.87. The first-order chi connectivity index (χ1) is 13.8. The smallest absolute Gasteiger partial charge is 0.297 e. The van der Waals surface area contributed by atoms with Crippen molar-refractivity contribution >= 4 is 27.7 Å². The Morgan fingerprint density at radius 3 is 2.24 bits per heavy atom. The minimum absolute atomic E-state index is 0.0714. The molecule has 29 heavy (non-hydrogen) atoms. The molecule has 3 atom stereocenters. The summed E-state index contributed by atoms with van der Waals surface area (Å²) >= 11 is 0. The summed E-state index contributed by atoms with van der Waals surface area (Å²) < 4.78 is 23.4. The molecular weight excluding hydrogens is 396 g/mol. The molecule has 0 aromatic rings. The van der Waals surface area contributed by atoms with Crippen molar-refractivity contribution in [3.05, 3.63) is 0 Å². The Kier molecular flexibility index (Phi) is 5.69. The predicted octanol–water partition coefficient (Wildman–Crippen LogP) is 0.118. The Balaban J connectivity index is 1.34. The Morgan fingerprint density at radius 2 is 1.62 bits per heavy atom. The summed E-state index contributed by atoms with van der Waals surface area (Å²) in [4.78, 5) is 44.4. The van der Waals surface area contributed by atoms with Crippen molar-refractivity contribution < 1.29 is 22.8 Å². The zero-order chi connectivity index (χ0) is 20.8. The maximum Gasteiger partial charge on any atom is 0.335 e. The average molecular weight is 427 g/mol. The van der Waals surface area contributed by atoms with Crippen LogP contribution in [0.3, 0.4) is 0 Å². The molecule has 1 aliphatic carbocycles. The second kappa shape index (κ2) is 7.96. The monoisotopic (exact) mass is 426 g/mol. The molecule has 1 saturated carbocycles. The highest BCUT2D eigenvalue weighted by Crippen LogP contribution is 2.31. The third-order valence-corrected chi connectivity index (χ3v) is 8.71.